The zero-order valence-electron chi connectivity index (χ0n) is 32.5. The highest BCUT2D eigenvalue weighted by Crippen LogP contribution is 2.57. The van der Waals surface area contributed by atoms with Crippen LogP contribution >= 0.6 is 0 Å². The maximum Gasteiger partial charge on any atom is 0.164 e. The largest absolute Gasteiger partial charge is 0.456 e. The van der Waals surface area contributed by atoms with Crippen LogP contribution in [0, 0.1) is 0 Å². The Morgan fingerprint density at radius 1 is 0.317 bits per heavy atom. The standard InChI is InChI=1S/C56H35N3O/c1-4-15-36(16-5-1)53-57-54(59-55(58-53)41-29-30-52-48(34-41)46-24-11-13-26-51(46)60-52)40-18-14-17-37(31-40)38-27-28-39-33-47-45-23-10-12-25-49(45)56(43-19-6-2-7-20-43,44-21-8-3-9-22-44)50(47)35-42(39)32-38/h1-35H. The van der Waals surface area contributed by atoms with Gasteiger partial charge in [-0.15, -0.1) is 0 Å². The van der Waals surface area contributed by atoms with Crippen molar-refractivity contribution in [3.63, 3.8) is 0 Å². The average Bonchev–Trinajstić information content (AvgIpc) is 3.84. The molecule has 1 aliphatic carbocycles. The number of aromatic nitrogens is 3. The van der Waals surface area contributed by atoms with E-state index in [1.54, 1.807) is 0 Å². The topological polar surface area (TPSA) is 51.8 Å². The summed E-state index contributed by atoms with van der Waals surface area (Å²) in [6.45, 7) is 0. The minimum Gasteiger partial charge on any atom is -0.456 e. The molecule has 2 aromatic heterocycles. The summed E-state index contributed by atoms with van der Waals surface area (Å²) < 4.78 is 6.15. The van der Waals surface area contributed by atoms with Gasteiger partial charge in [-0.3, -0.25) is 0 Å². The molecule has 2 heterocycles. The van der Waals surface area contributed by atoms with Gasteiger partial charge in [0, 0.05) is 27.5 Å². The van der Waals surface area contributed by atoms with Gasteiger partial charge in [0.1, 0.15) is 11.2 Å². The highest BCUT2D eigenvalue weighted by molar-refractivity contribution is 6.06. The second-order valence-corrected chi connectivity index (χ2v) is 15.5. The van der Waals surface area contributed by atoms with Crippen molar-refractivity contribution in [1.29, 1.82) is 0 Å². The molecule has 0 unspecified atom stereocenters. The van der Waals surface area contributed by atoms with Gasteiger partial charge < -0.3 is 4.42 Å². The van der Waals surface area contributed by atoms with E-state index in [2.05, 4.69) is 152 Å². The van der Waals surface area contributed by atoms with Crippen LogP contribution < -0.4 is 0 Å². The van der Waals surface area contributed by atoms with E-state index in [0.717, 1.165) is 49.8 Å². The molecule has 0 aliphatic heterocycles. The zero-order valence-corrected chi connectivity index (χ0v) is 32.5. The fraction of sp³-hybridized carbons (Fsp3) is 0.0179. The van der Waals surface area contributed by atoms with E-state index in [1.807, 2.05) is 60.7 Å². The predicted molar refractivity (Wildman–Crippen MR) is 244 cm³/mol. The van der Waals surface area contributed by atoms with Gasteiger partial charge in [0.2, 0.25) is 0 Å². The molecule has 0 spiro atoms. The molecular weight excluding hydrogens is 731 g/mol. The molecule has 60 heavy (non-hydrogen) atoms. The number of benzene rings is 9. The van der Waals surface area contributed by atoms with Crippen molar-refractivity contribution in [2.75, 3.05) is 0 Å². The van der Waals surface area contributed by atoms with E-state index >= 15 is 0 Å². The summed E-state index contributed by atoms with van der Waals surface area (Å²) in [6, 6.07) is 75.5. The van der Waals surface area contributed by atoms with Gasteiger partial charge in [0.25, 0.3) is 0 Å². The molecule has 0 radical (unpaired) electrons. The average molecular weight is 766 g/mol. The maximum absolute atomic E-state index is 6.15. The van der Waals surface area contributed by atoms with Gasteiger partial charge in [-0.2, -0.15) is 0 Å². The van der Waals surface area contributed by atoms with Crippen LogP contribution in [0.25, 0.3) is 89.1 Å². The number of hydrogen-bond acceptors (Lipinski definition) is 4. The number of nitrogens with zero attached hydrogens (tertiary/aromatic N) is 3. The van der Waals surface area contributed by atoms with E-state index in [4.69, 9.17) is 19.4 Å². The van der Waals surface area contributed by atoms with Crippen LogP contribution in [0.3, 0.4) is 0 Å². The second kappa shape index (κ2) is 13.6. The first-order chi connectivity index (χ1) is 29.7. The molecule has 11 aromatic rings. The number of fused-ring (bicyclic) bond motifs is 7. The molecule has 4 nitrogen and oxygen atoms in total. The fourth-order valence-electron chi connectivity index (χ4n) is 9.42. The summed E-state index contributed by atoms with van der Waals surface area (Å²) in [5.41, 5.74) is 13.9. The Morgan fingerprint density at radius 3 is 1.65 bits per heavy atom. The van der Waals surface area contributed by atoms with Crippen molar-refractivity contribution >= 4 is 32.7 Å². The van der Waals surface area contributed by atoms with Crippen LogP contribution in [0.2, 0.25) is 0 Å². The van der Waals surface area contributed by atoms with E-state index in [-0.39, 0.29) is 0 Å². The second-order valence-electron chi connectivity index (χ2n) is 15.5. The molecule has 12 rings (SSSR count). The summed E-state index contributed by atoms with van der Waals surface area (Å²) in [6.07, 6.45) is 0. The van der Waals surface area contributed by atoms with E-state index in [9.17, 15) is 0 Å². The van der Waals surface area contributed by atoms with Crippen molar-refractivity contribution < 1.29 is 4.42 Å². The molecule has 0 fully saturated rings. The minimum absolute atomic E-state index is 0.458. The third-order valence-electron chi connectivity index (χ3n) is 12.2. The SMILES string of the molecule is c1ccc(-c2nc(-c3cccc(-c4ccc5cc6c(cc5c4)C(c4ccccc4)(c4ccccc4)c4ccccc4-6)c3)nc(-c3ccc4oc5ccccc5c4c3)n2)cc1. The summed E-state index contributed by atoms with van der Waals surface area (Å²) in [4.78, 5) is 15.2. The van der Waals surface area contributed by atoms with E-state index in [1.165, 1.54) is 44.2 Å². The van der Waals surface area contributed by atoms with Gasteiger partial charge in [-0.25, -0.2) is 15.0 Å². The Labute approximate surface area is 347 Å². The number of rotatable bonds is 6. The molecule has 0 N–H and O–H groups in total. The fourth-order valence-corrected chi connectivity index (χ4v) is 9.42. The minimum atomic E-state index is -0.458. The van der Waals surface area contributed by atoms with Crippen LogP contribution in [0.1, 0.15) is 22.3 Å². The highest BCUT2D eigenvalue weighted by atomic mass is 16.3. The Balaban J connectivity index is 0.998. The molecule has 0 amide bonds. The molecule has 4 heteroatoms. The third kappa shape index (κ3) is 5.35. The summed E-state index contributed by atoms with van der Waals surface area (Å²) >= 11 is 0. The molecule has 0 bridgehead atoms. The van der Waals surface area contributed by atoms with Gasteiger partial charge in [0.05, 0.1) is 5.41 Å². The van der Waals surface area contributed by atoms with Gasteiger partial charge in [-0.05, 0) is 104 Å². The van der Waals surface area contributed by atoms with E-state index in [0.29, 0.717) is 17.5 Å². The molecule has 1 aliphatic rings. The Hall–Kier alpha value is -7.95. The third-order valence-corrected chi connectivity index (χ3v) is 12.2. The summed E-state index contributed by atoms with van der Waals surface area (Å²) in [7, 11) is 0. The highest BCUT2D eigenvalue weighted by Gasteiger charge is 2.46. The normalized spacial score (nSPS) is 12.8. The van der Waals surface area contributed by atoms with Crippen molar-refractivity contribution in [2.24, 2.45) is 0 Å². The Bertz CT molecular complexity index is 3390. The summed E-state index contributed by atoms with van der Waals surface area (Å²) in [5.74, 6) is 1.85. The zero-order chi connectivity index (χ0) is 39.6. The van der Waals surface area contributed by atoms with Crippen LogP contribution in [0.4, 0.5) is 0 Å². The van der Waals surface area contributed by atoms with Gasteiger partial charge in [0.15, 0.2) is 17.5 Å². The van der Waals surface area contributed by atoms with Crippen LogP contribution in [0.15, 0.2) is 217 Å². The smallest absolute Gasteiger partial charge is 0.164 e. The number of para-hydroxylation sites is 1. The lowest BCUT2D eigenvalue weighted by Gasteiger charge is -2.34. The van der Waals surface area contributed by atoms with Crippen molar-refractivity contribution in [1.82, 2.24) is 15.0 Å². The Kier molecular flexibility index (Phi) is 7.72. The molecular formula is C56H35N3O. The first-order valence-corrected chi connectivity index (χ1v) is 20.3. The molecule has 0 atom stereocenters. The quantitative estimate of drug-likeness (QED) is 0.169. The molecule has 0 saturated heterocycles. The monoisotopic (exact) mass is 765 g/mol. The van der Waals surface area contributed by atoms with Crippen molar-refractivity contribution in [2.45, 2.75) is 5.41 Å². The first kappa shape index (κ1) is 34.1. The maximum atomic E-state index is 6.15. The Morgan fingerprint density at radius 2 is 0.883 bits per heavy atom. The number of furan rings is 1. The van der Waals surface area contributed by atoms with Crippen LogP contribution in [-0.4, -0.2) is 15.0 Å². The molecule has 9 aromatic carbocycles. The van der Waals surface area contributed by atoms with Gasteiger partial charge >= 0.3 is 0 Å². The number of hydrogen-bond donors (Lipinski definition) is 0. The first-order valence-electron chi connectivity index (χ1n) is 20.3. The summed E-state index contributed by atoms with van der Waals surface area (Å²) in [5, 5.41) is 4.49. The van der Waals surface area contributed by atoms with E-state index < -0.39 is 5.41 Å². The lowest BCUT2D eigenvalue weighted by atomic mass is 9.67. The predicted octanol–water partition coefficient (Wildman–Crippen LogP) is 14.0. The van der Waals surface area contributed by atoms with Crippen LogP contribution in [-0.2, 0) is 5.41 Å². The van der Waals surface area contributed by atoms with Crippen LogP contribution in [0.5, 0.6) is 0 Å². The van der Waals surface area contributed by atoms with Gasteiger partial charge in [-0.1, -0.05) is 164 Å². The molecule has 0 saturated carbocycles. The van der Waals surface area contributed by atoms with Crippen molar-refractivity contribution in [3.05, 3.63) is 235 Å². The van der Waals surface area contributed by atoms with Crippen molar-refractivity contribution in [3.8, 4) is 56.4 Å². The lowest BCUT2D eigenvalue weighted by Crippen LogP contribution is -2.28. The lowest BCUT2D eigenvalue weighted by molar-refractivity contribution is 0.669. The molecule has 280 valence electrons.